The molecule has 1 saturated heterocycles. The summed E-state index contributed by atoms with van der Waals surface area (Å²) < 4.78 is 5.12. The van der Waals surface area contributed by atoms with E-state index in [9.17, 15) is 9.59 Å². The van der Waals surface area contributed by atoms with Crippen LogP contribution in [0, 0.1) is 12.3 Å². The first kappa shape index (κ1) is 13.3. The Morgan fingerprint density at radius 3 is 2.65 bits per heavy atom. The first-order valence-corrected chi connectivity index (χ1v) is 5.17. The molecule has 1 rings (SSSR count). The van der Waals surface area contributed by atoms with Gasteiger partial charge < -0.3 is 14.7 Å². The molecule has 0 bridgehead atoms. The number of carbonyl (C=O) groups excluding carboxylic acids is 1. The van der Waals surface area contributed by atoms with Crippen LogP contribution in [0.5, 0.6) is 0 Å². The second-order valence-electron chi connectivity index (χ2n) is 3.47. The SMILES string of the molecule is C#CCN(CC(=O)O)C(=O)NN1CCOCC1. The van der Waals surface area contributed by atoms with Gasteiger partial charge >= 0.3 is 12.0 Å². The van der Waals surface area contributed by atoms with Crippen molar-refractivity contribution in [3.63, 3.8) is 0 Å². The van der Waals surface area contributed by atoms with Crippen LogP contribution in [0.3, 0.4) is 0 Å². The van der Waals surface area contributed by atoms with Crippen LogP contribution in [0.4, 0.5) is 4.79 Å². The number of carboxylic acids is 1. The van der Waals surface area contributed by atoms with Crippen molar-refractivity contribution in [1.82, 2.24) is 15.3 Å². The Kier molecular flexibility index (Phi) is 5.26. The smallest absolute Gasteiger partial charge is 0.333 e. The number of rotatable bonds is 4. The molecule has 1 aliphatic rings. The van der Waals surface area contributed by atoms with E-state index in [-0.39, 0.29) is 6.54 Å². The maximum Gasteiger partial charge on any atom is 0.333 e. The number of carbonyl (C=O) groups is 2. The first-order chi connectivity index (χ1) is 8.13. The van der Waals surface area contributed by atoms with E-state index in [2.05, 4.69) is 11.3 Å². The van der Waals surface area contributed by atoms with Crippen LogP contribution in [0.15, 0.2) is 0 Å². The van der Waals surface area contributed by atoms with Crippen LogP contribution in [-0.4, -0.2) is 66.4 Å². The Hall–Kier alpha value is -1.78. The van der Waals surface area contributed by atoms with E-state index in [1.54, 1.807) is 5.01 Å². The number of hydrogen-bond donors (Lipinski definition) is 2. The summed E-state index contributed by atoms with van der Waals surface area (Å²) in [5.74, 6) is 1.15. The molecule has 0 unspecified atom stereocenters. The van der Waals surface area contributed by atoms with Crippen molar-refractivity contribution in [2.75, 3.05) is 39.4 Å². The Balaban J connectivity index is 2.46. The molecule has 1 aliphatic heterocycles. The standard InChI is InChI=1S/C10H15N3O4/c1-2-3-12(8-9(14)15)10(16)11-13-4-6-17-7-5-13/h1H,3-8H2,(H,11,16)(H,14,15). The fourth-order valence-electron chi connectivity index (χ4n) is 1.35. The number of carboxylic acid groups (broad SMARTS) is 1. The van der Waals surface area contributed by atoms with Crippen molar-refractivity contribution in [3.8, 4) is 12.3 Å². The largest absolute Gasteiger partial charge is 0.480 e. The third-order valence-corrected chi connectivity index (χ3v) is 2.16. The summed E-state index contributed by atoms with van der Waals surface area (Å²) in [5, 5.41) is 10.3. The summed E-state index contributed by atoms with van der Waals surface area (Å²) in [4.78, 5) is 23.3. The molecule has 0 aliphatic carbocycles. The van der Waals surface area contributed by atoms with Crippen LogP contribution >= 0.6 is 0 Å². The second-order valence-corrected chi connectivity index (χ2v) is 3.47. The molecule has 0 aromatic heterocycles. The summed E-state index contributed by atoms with van der Waals surface area (Å²) >= 11 is 0. The van der Waals surface area contributed by atoms with Gasteiger partial charge in [-0.25, -0.2) is 9.80 Å². The Morgan fingerprint density at radius 2 is 2.12 bits per heavy atom. The lowest BCUT2D eigenvalue weighted by Crippen LogP contribution is -2.53. The lowest BCUT2D eigenvalue weighted by molar-refractivity contribution is -0.137. The number of nitrogens with zero attached hydrogens (tertiary/aromatic N) is 2. The van der Waals surface area contributed by atoms with Gasteiger partial charge in [-0.05, 0) is 0 Å². The highest BCUT2D eigenvalue weighted by Crippen LogP contribution is 1.95. The highest BCUT2D eigenvalue weighted by Gasteiger charge is 2.19. The molecule has 0 radical (unpaired) electrons. The molecule has 0 atom stereocenters. The molecule has 0 spiro atoms. The van der Waals surface area contributed by atoms with E-state index in [4.69, 9.17) is 16.3 Å². The van der Waals surface area contributed by atoms with Crippen molar-refractivity contribution in [2.45, 2.75) is 0 Å². The summed E-state index contributed by atoms with van der Waals surface area (Å²) in [5.41, 5.74) is 2.59. The van der Waals surface area contributed by atoms with E-state index in [1.807, 2.05) is 0 Å². The number of hydrazine groups is 1. The number of urea groups is 1. The van der Waals surface area contributed by atoms with Gasteiger partial charge in [0.2, 0.25) is 0 Å². The fourth-order valence-corrected chi connectivity index (χ4v) is 1.35. The molecular weight excluding hydrogens is 226 g/mol. The first-order valence-electron chi connectivity index (χ1n) is 5.17. The maximum absolute atomic E-state index is 11.7. The summed E-state index contributed by atoms with van der Waals surface area (Å²) in [7, 11) is 0. The third kappa shape index (κ3) is 4.72. The van der Waals surface area contributed by atoms with Gasteiger partial charge in [-0.15, -0.1) is 6.42 Å². The quantitative estimate of drug-likeness (QED) is 0.615. The van der Waals surface area contributed by atoms with E-state index < -0.39 is 18.5 Å². The lowest BCUT2D eigenvalue weighted by Gasteiger charge is -2.29. The second kappa shape index (κ2) is 6.73. The number of aliphatic carboxylic acids is 1. The van der Waals surface area contributed by atoms with Gasteiger partial charge in [-0.3, -0.25) is 10.2 Å². The highest BCUT2D eigenvalue weighted by atomic mass is 16.5. The van der Waals surface area contributed by atoms with Crippen LogP contribution in [-0.2, 0) is 9.53 Å². The molecule has 2 amide bonds. The van der Waals surface area contributed by atoms with Crippen molar-refractivity contribution >= 4 is 12.0 Å². The van der Waals surface area contributed by atoms with E-state index in [1.165, 1.54) is 0 Å². The average Bonchev–Trinajstić information content (AvgIpc) is 2.29. The van der Waals surface area contributed by atoms with Crippen molar-refractivity contribution in [2.24, 2.45) is 0 Å². The number of terminal acetylenes is 1. The van der Waals surface area contributed by atoms with Gasteiger partial charge in [0.25, 0.3) is 0 Å². The summed E-state index contributed by atoms with van der Waals surface area (Å²) in [6, 6.07) is -0.507. The Morgan fingerprint density at radius 1 is 1.47 bits per heavy atom. The van der Waals surface area contributed by atoms with Crippen LogP contribution in [0.25, 0.3) is 0 Å². The average molecular weight is 241 g/mol. The molecular formula is C10H15N3O4. The molecule has 7 nitrogen and oxygen atoms in total. The van der Waals surface area contributed by atoms with Crippen molar-refractivity contribution in [3.05, 3.63) is 0 Å². The molecule has 0 saturated carbocycles. The topological polar surface area (TPSA) is 82.1 Å². The maximum atomic E-state index is 11.7. The van der Waals surface area contributed by atoms with Gasteiger partial charge in [0.15, 0.2) is 0 Å². The minimum Gasteiger partial charge on any atom is -0.480 e. The lowest BCUT2D eigenvalue weighted by atomic mass is 10.5. The van der Waals surface area contributed by atoms with Gasteiger partial charge in [0.1, 0.15) is 6.54 Å². The van der Waals surface area contributed by atoms with Crippen LogP contribution in [0.1, 0.15) is 0 Å². The molecule has 7 heteroatoms. The number of morpholine rings is 1. The molecule has 94 valence electrons. The molecule has 1 heterocycles. The minimum absolute atomic E-state index is 0.0392. The fraction of sp³-hybridized carbons (Fsp3) is 0.600. The normalized spacial score (nSPS) is 15.9. The highest BCUT2D eigenvalue weighted by molar-refractivity contribution is 5.80. The number of hydrogen-bond acceptors (Lipinski definition) is 4. The van der Waals surface area contributed by atoms with E-state index >= 15 is 0 Å². The van der Waals surface area contributed by atoms with Gasteiger partial charge in [-0.2, -0.15) is 0 Å². The Labute approximate surface area is 99.3 Å². The summed E-state index contributed by atoms with van der Waals surface area (Å²) in [6.45, 7) is 1.76. The predicted molar refractivity (Wildman–Crippen MR) is 59.0 cm³/mol. The van der Waals surface area contributed by atoms with Crippen LogP contribution < -0.4 is 5.43 Å². The third-order valence-electron chi connectivity index (χ3n) is 2.16. The van der Waals surface area contributed by atoms with Crippen molar-refractivity contribution < 1.29 is 19.4 Å². The van der Waals surface area contributed by atoms with Gasteiger partial charge in [-0.1, -0.05) is 5.92 Å². The molecule has 1 fully saturated rings. The van der Waals surface area contributed by atoms with Gasteiger partial charge in [0.05, 0.1) is 19.8 Å². The number of ether oxygens (including phenoxy) is 1. The van der Waals surface area contributed by atoms with Gasteiger partial charge in [0, 0.05) is 13.1 Å². The zero-order chi connectivity index (χ0) is 12.7. The molecule has 0 aromatic rings. The Bertz CT molecular complexity index is 320. The van der Waals surface area contributed by atoms with Crippen LogP contribution in [0.2, 0.25) is 0 Å². The zero-order valence-electron chi connectivity index (χ0n) is 9.39. The van der Waals surface area contributed by atoms with E-state index in [0.29, 0.717) is 26.3 Å². The molecule has 17 heavy (non-hydrogen) atoms. The summed E-state index contributed by atoms with van der Waals surface area (Å²) in [6.07, 6.45) is 5.08. The van der Waals surface area contributed by atoms with Crippen molar-refractivity contribution in [1.29, 1.82) is 0 Å². The minimum atomic E-state index is -1.10. The van der Waals surface area contributed by atoms with E-state index in [0.717, 1.165) is 4.90 Å². The number of amides is 2. The molecule has 2 N–H and O–H groups in total. The molecule has 0 aromatic carbocycles. The zero-order valence-corrected chi connectivity index (χ0v) is 9.39. The predicted octanol–water partition coefficient (Wildman–Crippen LogP) is -1.04. The monoisotopic (exact) mass is 241 g/mol. The number of nitrogens with one attached hydrogen (secondary N) is 1.